The zero-order chi connectivity index (χ0) is 17.4. The number of hydrogen-bond acceptors (Lipinski definition) is 5. The van der Waals surface area contributed by atoms with Gasteiger partial charge < -0.3 is 10.1 Å². The molecule has 3 aromatic rings. The van der Waals surface area contributed by atoms with Crippen molar-refractivity contribution in [1.29, 1.82) is 0 Å². The van der Waals surface area contributed by atoms with Crippen molar-refractivity contribution in [2.45, 2.75) is 18.9 Å². The number of aromatic nitrogens is 2. The lowest BCUT2D eigenvalue weighted by molar-refractivity contribution is 0.0925. The third-order valence-corrected chi connectivity index (χ3v) is 5.16. The molecule has 128 valence electrons. The Morgan fingerprint density at radius 2 is 2.12 bits per heavy atom. The molecule has 2 heterocycles. The van der Waals surface area contributed by atoms with E-state index in [1.165, 1.54) is 17.4 Å². The number of carbonyl (C=O) groups excluding carboxylic acids is 1. The second kappa shape index (κ2) is 6.33. The van der Waals surface area contributed by atoms with Crippen LogP contribution in [0.1, 0.15) is 34.9 Å². The number of benzene rings is 1. The fourth-order valence-electron chi connectivity index (χ4n) is 2.95. The normalized spacial score (nSPS) is 15.1. The first kappa shape index (κ1) is 15.8. The average molecular weight is 355 g/mol. The van der Waals surface area contributed by atoms with Crippen LogP contribution in [0.3, 0.4) is 0 Å². The first-order valence-corrected chi connectivity index (χ1v) is 8.95. The highest BCUT2D eigenvalue weighted by Crippen LogP contribution is 2.41. The highest BCUT2D eigenvalue weighted by atomic mass is 32.1. The minimum absolute atomic E-state index is 0.0732. The summed E-state index contributed by atoms with van der Waals surface area (Å²) < 4.78 is 6.85. The van der Waals surface area contributed by atoms with Gasteiger partial charge in [-0.3, -0.25) is 14.0 Å². The predicted octanol–water partition coefficient (Wildman–Crippen LogP) is 2.65. The van der Waals surface area contributed by atoms with Crippen LogP contribution in [0.5, 0.6) is 5.75 Å². The molecule has 1 aliphatic rings. The van der Waals surface area contributed by atoms with Crippen LogP contribution in [0, 0.1) is 5.92 Å². The number of fused-ring (bicyclic) bond motifs is 1. The average Bonchev–Trinajstić information content (AvgIpc) is 3.36. The van der Waals surface area contributed by atoms with Gasteiger partial charge in [-0.05, 0) is 36.5 Å². The minimum atomic E-state index is -0.403. The molecule has 1 amide bonds. The van der Waals surface area contributed by atoms with Gasteiger partial charge >= 0.3 is 0 Å². The molecule has 0 aliphatic heterocycles. The van der Waals surface area contributed by atoms with Crippen LogP contribution >= 0.6 is 11.3 Å². The molecule has 0 unspecified atom stereocenters. The van der Waals surface area contributed by atoms with Gasteiger partial charge in [-0.15, -0.1) is 11.3 Å². The Morgan fingerprint density at radius 1 is 1.36 bits per heavy atom. The molecule has 1 saturated carbocycles. The monoisotopic (exact) mass is 355 g/mol. The Labute approximate surface area is 148 Å². The van der Waals surface area contributed by atoms with E-state index < -0.39 is 5.56 Å². The molecule has 0 radical (unpaired) electrons. The maximum atomic E-state index is 12.8. The van der Waals surface area contributed by atoms with Crippen molar-refractivity contribution in [1.82, 2.24) is 14.7 Å². The Morgan fingerprint density at radius 3 is 2.80 bits per heavy atom. The molecule has 1 aliphatic carbocycles. The third-order valence-electron chi connectivity index (χ3n) is 4.40. The predicted molar refractivity (Wildman–Crippen MR) is 95.3 cm³/mol. The van der Waals surface area contributed by atoms with Gasteiger partial charge in [0.2, 0.25) is 0 Å². The lowest BCUT2D eigenvalue weighted by atomic mass is 10.0. The lowest BCUT2D eigenvalue weighted by Crippen LogP contribution is -2.32. The molecule has 25 heavy (non-hydrogen) atoms. The number of ether oxygens (including phenoxy) is 1. The molecule has 0 saturated heterocycles. The molecule has 4 rings (SSSR count). The maximum Gasteiger partial charge on any atom is 0.274 e. The van der Waals surface area contributed by atoms with Crippen molar-refractivity contribution in [3.8, 4) is 5.75 Å². The highest BCUT2D eigenvalue weighted by Gasteiger charge is 2.34. The molecular weight excluding hydrogens is 338 g/mol. The highest BCUT2D eigenvalue weighted by molar-refractivity contribution is 7.15. The Balaban J connectivity index is 1.64. The smallest absolute Gasteiger partial charge is 0.274 e. The van der Waals surface area contributed by atoms with Crippen LogP contribution in [0.4, 0.5) is 0 Å². The zero-order valence-corrected chi connectivity index (χ0v) is 14.5. The summed E-state index contributed by atoms with van der Waals surface area (Å²) in [5.74, 6) is 0.944. The van der Waals surface area contributed by atoms with Crippen LogP contribution in [0.2, 0.25) is 0 Å². The van der Waals surface area contributed by atoms with Gasteiger partial charge in [-0.1, -0.05) is 12.1 Å². The second-order valence-electron chi connectivity index (χ2n) is 6.10. The summed E-state index contributed by atoms with van der Waals surface area (Å²) in [7, 11) is 1.63. The fourth-order valence-corrected chi connectivity index (χ4v) is 3.67. The number of nitrogens with one attached hydrogen (secondary N) is 1. The number of methoxy groups -OCH3 is 1. The zero-order valence-electron chi connectivity index (χ0n) is 13.6. The van der Waals surface area contributed by atoms with Crippen molar-refractivity contribution in [2.24, 2.45) is 5.92 Å². The molecule has 6 nitrogen and oxygen atoms in total. The lowest BCUT2D eigenvalue weighted by Gasteiger charge is -2.19. The van der Waals surface area contributed by atoms with Crippen LogP contribution in [0.25, 0.3) is 4.96 Å². The fraction of sp³-hybridized carbons (Fsp3) is 0.278. The maximum absolute atomic E-state index is 12.8. The SMILES string of the molecule is COc1ccc([C@H](NC(=O)c2cc(=O)nc3sccn23)C2CC2)cc1. The Kier molecular flexibility index (Phi) is 4.01. The van der Waals surface area contributed by atoms with Gasteiger partial charge in [0, 0.05) is 17.6 Å². The van der Waals surface area contributed by atoms with E-state index in [0.717, 1.165) is 24.2 Å². The summed E-state index contributed by atoms with van der Waals surface area (Å²) >= 11 is 1.33. The van der Waals surface area contributed by atoms with Crippen molar-refractivity contribution in [3.05, 3.63) is 63.5 Å². The van der Waals surface area contributed by atoms with E-state index in [2.05, 4.69) is 10.3 Å². The number of amides is 1. The molecule has 7 heteroatoms. The van der Waals surface area contributed by atoms with Crippen LogP contribution in [0.15, 0.2) is 46.7 Å². The van der Waals surface area contributed by atoms with Crippen LogP contribution < -0.4 is 15.6 Å². The van der Waals surface area contributed by atoms with E-state index in [4.69, 9.17) is 4.74 Å². The van der Waals surface area contributed by atoms with E-state index in [-0.39, 0.29) is 11.9 Å². The molecule has 0 spiro atoms. The number of nitrogens with zero attached hydrogens (tertiary/aromatic N) is 2. The number of thiazole rings is 1. The molecule has 0 bridgehead atoms. The van der Waals surface area contributed by atoms with Gasteiger partial charge in [-0.25, -0.2) is 0 Å². The molecule has 2 aromatic heterocycles. The van der Waals surface area contributed by atoms with Gasteiger partial charge in [-0.2, -0.15) is 4.98 Å². The topological polar surface area (TPSA) is 72.7 Å². The summed E-state index contributed by atoms with van der Waals surface area (Å²) in [5, 5.41) is 4.90. The van der Waals surface area contributed by atoms with Crippen molar-refractivity contribution >= 4 is 22.2 Å². The molecule has 1 fully saturated rings. The Bertz CT molecular complexity index is 973. The van der Waals surface area contributed by atoms with Gasteiger partial charge in [0.15, 0.2) is 4.96 Å². The van der Waals surface area contributed by atoms with Crippen molar-refractivity contribution in [2.75, 3.05) is 7.11 Å². The summed E-state index contributed by atoms with van der Waals surface area (Å²) in [6.07, 6.45) is 3.92. The van der Waals surface area contributed by atoms with E-state index in [9.17, 15) is 9.59 Å². The Hall–Kier alpha value is -2.67. The summed E-state index contributed by atoms with van der Waals surface area (Å²) in [6, 6.07) is 8.95. The standard InChI is InChI=1S/C18H17N3O3S/c1-24-13-6-4-12(5-7-13)16(11-2-3-11)20-17(23)14-10-15(22)19-18-21(14)8-9-25-18/h4-11,16H,2-3H2,1H3,(H,20,23)/t16-/m1/s1. The van der Waals surface area contributed by atoms with Crippen LogP contribution in [-0.4, -0.2) is 22.4 Å². The molecule has 1 atom stereocenters. The van der Waals surface area contributed by atoms with E-state index in [1.54, 1.807) is 23.1 Å². The quantitative estimate of drug-likeness (QED) is 0.764. The summed E-state index contributed by atoms with van der Waals surface area (Å²) in [5.41, 5.74) is 0.954. The van der Waals surface area contributed by atoms with E-state index >= 15 is 0 Å². The third kappa shape index (κ3) is 3.15. The second-order valence-corrected chi connectivity index (χ2v) is 6.97. The van der Waals surface area contributed by atoms with Gasteiger partial charge in [0.25, 0.3) is 11.5 Å². The van der Waals surface area contributed by atoms with Gasteiger partial charge in [0.05, 0.1) is 13.2 Å². The summed E-state index contributed by atoms with van der Waals surface area (Å²) in [6.45, 7) is 0. The molecule has 1 aromatic carbocycles. The van der Waals surface area contributed by atoms with Gasteiger partial charge in [0.1, 0.15) is 11.4 Å². The number of rotatable bonds is 5. The van der Waals surface area contributed by atoms with E-state index in [1.807, 2.05) is 24.3 Å². The number of hydrogen-bond donors (Lipinski definition) is 1. The first-order chi connectivity index (χ1) is 12.2. The molecular formula is C18H17N3O3S. The largest absolute Gasteiger partial charge is 0.497 e. The number of carbonyl (C=O) groups is 1. The molecule has 1 N–H and O–H groups in total. The van der Waals surface area contributed by atoms with Crippen LogP contribution in [-0.2, 0) is 0 Å². The van der Waals surface area contributed by atoms with E-state index in [0.29, 0.717) is 16.6 Å². The minimum Gasteiger partial charge on any atom is -0.497 e. The summed E-state index contributed by atoms with van der Waals surface area (Å²) in [4.78, 5) is 29.0. The van der Waals surface area contributed by atoms with Crippen molar-refractivity contribution < 1.29 is 9.53 Å². The van der Waals surface area contributed by atoms with Crippen molar-refractivity contribution in [3.63, 3.8) is 0 Å². The first-order valence-electron chi connectivity index (χ1n) is 8.07.